The Labute approximate surface area is 159 Å². The molecule has 1 heterocycles. The van der Waals surface area contributed by atoms with Crippen LogP contribution in [0.5, 0.6) is 5.75 Å². The number of alkyl halides is 6. The largest absolute Gasteiger partial charge is 0.496 e. The minimum absolute atomic E-state index is 0.126. The summed E-state index contributed by atoms with van der Waals surface area (Å²) < 4.78 is 86.0. The summed E-state index contributed by atoms with van der Waals surface area (Å²) in [5.41, 5.74) is -4.28. The Hall–Kier alpha value is -1.52. The Kier molecular flexibility index (Phi) is 6.57. The second-order valence-electron chi connectivity index (χ2n) is 7.47. The maximum atomic E-state index is 13.8. The van der Waals surface area contributed by atoms with Crippen LogP contribution in [-0.2, 0) is 12.4 Å². The number of methoxy groups -OCH3 is 1. The Morgan fingerprint density at radius 3 is 2.07 bits per heavy atom. The van der Waals surface area contributed by atoms with Gasteiger partial charge in [0.1, 0.15) is 5.75 Å². The molecule has 0 saturated carbocycles. The van der Waals surface area contributed by atoms with Crippen molar-refractivity contribution in [3.8, 4) is 5.75 Å². The van der Waals surface area contributed by atoms with Crippen molar-refractivity contribution in [3.63, 3.8) is 0 Å². The number of halogens is 6. The summed E-state index contributed by atoms with van der Waals surface area (Å²) in [6.07, 6.45) is -9.98. The van der Waals surface area contributed by atoms with E-state index in [1.54, 1.807) is 18.7 Å². The van der Waals surface area contributed by atoms with Crippen molar-refractivity contribution in [1.82, 2.24) is 10.2 Å². The summed E-state index contributed by atoms with van der Waals surface area (Å²) in [6, 6.07) is -0.276. The minimum Gasteiger partial charge on any atom is -0.496 e. The molecule has 28 heavy (non-hydrogen) atoms. The molecule has 0 spiro atoms. The van der Waals surface area contributed by atoms with Gasteiger partial charge in [0.05, 0.1) is 18.2 Å². The molecule has 1 aliphatic heterocycles. The Morgan fingerprint density at radius 1 is 1.07 bits per heavy atom. The fourth-order valence-corrected chi connectivity index (χ4v) is 3.57. The van der Waals surface area contributed by atoms with Crippen molar-refractivity contribution >= 4 is 0 Å². The zero-order valence-corrected chi connectivity index (χ0v) is 15.8. The molecule has 0 aliphatic carbocycles. The third-order valence-electron chi connectivity index (χ3n) is 4.93. The van der Waals surface area contributed by atoms with E-state index in [1.807, 2.05) is 0 Å². The number of aliphatic hydroxyl groups is 1. The zero-order valence-electron chi connectivity index (χ0n) is 15.8. The van der Waals surface area contributed by atoms with Crippen LogP contribution in [0, 0.1) is 5.41 Å². The van der Waals surface area contributed by atoms with Crippen molar-refractivity contribution < 1.29 is 36.2 Å². The van der Waals surface area contributed by atoms with Gasteiger partial charge in [0.2, 0.25) is 0 Å². The van der Waals surface area contributed by atoms with E-state index in [0.717, 1.165) is 7.11 Å². The average Bonchev–Trinajstić information content (AvgIpc) is 2.60. The molecule has 0 amide bonds. The van der Waals surface area contributed by atoms with Crippen LogP contribution in [0.4, 0.5) is 26.3 Å². The van der Waals surface area contributed by atoms with Gasteiger partial charge in [0, 0.05) is 49.8 Å². The van der Waals surface area contributed by atoms with Crippen LogP contribution in [0.15, 0.2) is 12.1 Å². The molecule has 1 aliphatic rings. The van der Waals surface area contributed by atoms with Crippen molar-refractivity contribution in [2.45, 2.75) is 32.2 Å². The lowest BCUT2D eigenvalue weighted by Gasteiger charge is -2.44. The number of benzene rings is 1. The first-order valence-corrected chi connectivity index (χ1v) is 8.75. The van der Waals surface area contributed by atoms with Crippen LogP contribution in [-0.4, -0.2) is 49.9 Å². The zero-order chi connectivity index (χ0) is 21.3. The van der Waals surface area contributed by atoms with E-state index in [9.17, 15) is 31.4 Å². The van der Waals surface area contributed by atoms with Gasteiger partial charge in [-0.15, -0.1) is 0 Å². The predicted octanol–water partition coefficient (Wildman–Crippen LogP) is 3.70. The van der Waals surface area contributed by atoms with Crippen molar-refractivity contribution in [2.75, 3.05) is 39.9 Å². The van der Waals surface area contributed by atoms with E-state index in [4.69, 9.17) is 4.74 Å². The van der Waals surface area contributed by atoms with Gasteiger partial charge in [-0.3, -0.25) is 4.90 Å². The molecule has 10 heteroatoms. The Morgan fingerprint density at radius 2 is 1.64 bits per heavy atom. The van der Waals surface area contributed by atoms with Gasteiger partial charge in [0.25, 0.3) is 0 Å². The van der Waals surface area contributed by atoms with E-state index in [-0.39, 0.29) is 11.6 Å². The second kappa shape index (κ2) is 8.08. The van der Waals surface area contributed by atoms with Gasteiger partial charge in [-0.2, -0.15) is 26.3 Å². The summed E-state index contributed by atoms with van der Waals surface area (Å²) in [7, 11) is 1.04. The molecule has 1 atom stereocenters. The van der Waals surface area contributed by atoms with Crippen LogP contribution in [0.1, 0.15) is 36.6 Å². The summed E-state index contributed by atoms with van der Waals surface area (Å²) >= 11 is 0. The average molecular weight is 414 g/mol. The quantitative estimate of drug-likeness (QED) is 0.722. The van der Waals surface area contributed by atoms with E-state index >= 15 is 0 Å². The Balaban J connectivity index is 2.80. The van der Waals surface area contributed by atoms with Crippen LogP contribution >= 0.6 is 0 Å². The minimum atomic E-state index is -5.03. The SMILES string of the molecule is COc1cc(C(F)(F)F)cc(C(F)(F)F)c1[C@H](N1CCNCC1)C(C)(C)CO. The maximum absolute atomic E-state index is 13.8. The summed E-state index contributed by atoms with van der Waals surface area (Å²) in [6.45, 7) is 4.51. The third kappa shape index (κ3) is 4.72. The molecular weight excluding hydrogens is 390 g/mol. The molecule has 0 bridgehead atoms. The summed E-state index contributed by atoms with van der Waals surface area (Å²) in [5.74, 6) is -0.493. The standard InChI is InChI=1S/C18H24F6N2O2/c1-16(2,10-27)15(26-6-4-25-5-7-26)14-12(18(22,23)24)8-11(17(19,20)21)9-13(14)28-3/h8-9,15,25,27H,4-7,10H2,1-3H3/t15-/m0/s1. The number of ether oxygens (including phenoxy) is 1. The topological polar surface area (TPSA) is 44.7 Å². The van der Waals surface area contributed by atoms with E-state index in [1.165, 1.54) is 0 Å². The highest BCUT2D eigenvalue weighted by Crippen LogP contribution is 2.49. The molecule has 0 unspecified atom stereocenters. The monoisotopic (exact) mass is 414 g/mol. The van der Waals surface area contributed by atoms with Gasteiger partial charge >= 0.3 is 12.4 Å². The molecule has 1 aromatic carbocycles. The first kappa shape index (κ1) is 22.8. The van der Waals surface area contributed by atoms with E-state index in [2.05, 4.69) is 5.32 Å². The van der Waals surface area contributed by atoms with Gasteiger partial charge < -0.3 is 15.2 Å². The number of aliphatic hydroxyl groups excluding tert-OH is 1. The molecule has 0 radical (unpaired) electrons. The van der Waals surface area contributed by atoms with Crippen LogP contribution in [0.3, 0.4) is 0 Å². The van der Waals surface area contributed by atoms with Crippen molar-refractivity contribution in [2.24, 2.45) is 5.41 Å². The normalized spacial score (nSPS) is 18.2. The van der Waals surface area contributed by atoms with Crippen molar-refractivity contribution in [1.29, 1.82) is 0 Å². The van der Waals surface area contributed by atoms with Gasteiger partial charge in [-0.05, 0) is 12.1 Å². The number of piperazine rings is 1. The number of nitrogens with zero attached hydrogens (tertiary/aromatic N) is 1. The van der Waals surface area contributed by atoms with Crippen LogP contribution in [0.25, 0.3) is 0 Å². The molecule has 2 rings (SSSR count). The molecular formula is C18H24F6N2O2. The lowest BCUT2D eigenvalue weighted by molar-refractivity contribution is -0.144. The fourth-order valence-electron chi connectivity index (χ4n) is 3.57. The summed E-state index contributed by atoms with van der Waals surface area (Å²) in [4.78, 5) is 1.74. The van der Waals surface area contributed by atoms with E-state index in [0.29, 0.717) is 32.2 Å². The molecule has 2 N–H and O–H groups in total. The fraction of sp³-hybridized carbons (Fsp3) is 0.667. The molecule has 1 saturated heterocycles. The first-order valence-electron chi connectivity index (χ1n) is 8.75. The lowest BCUT2D eigenvalue weighted by atomic mass is 9.77. The van der Waals surface area contributed by atoms with Crippen LogP contribution < -0.4 is 10.1 Å². The highest BCUT2D eigenvalue weighted by atomic mass is 19.4. The van der Waals surface area contributed by atoms with Crippen molar-refractivity contribution in [3.05, 3.63) is 28.8 Å². The van der Waals surface area contributed by atoms with E-state index < -0.39 is 47.3 Å². The Bertz CT molecular complexity index is 682. The molecule has 1 aromatic rings. The summed E-state index contributed by atoms with van der Waals surface area (Å²) in [5, 5.41) is 12.9. The van der Waals surface area contributed by atoms with Crippen LogP contribution in [0.2, 0.25) is 0 Å². The maximum Gasteiger partial charge on any atom is 0.416 e. The number of hydrogen-bond acceptors (Lipinski definition) is 4. The highest BCUT2D eigenvalue weighted by molar-refractivity contribution is 5.49. The van der Waals surface area contributed by atoms with Gasteiger partial charge in [0.15, 0.2) is 0 Å². The number of nitrogens with one attached hydrogen (secondary N) is 1. The third-order valence-corrected chi connectivity index (χ3v) is 4.93. The first-order chi connectivity index (χ1) is 12.8. The molecule has 160 valence electrons. The number of rotatable bonds is 5. The van der Waals surface area contributed by atoms with Gasteiger partial charge in [-0.1, -0.05) is 13.8 Å². The lowest BCUT2D eigenvalue weighted by Crippen LogP contribution is -2.50. The highest BCUT2D eigenvalue weighted by Gasteiger charge is 2.46. The smallest absolute Gasteiger partial charge is 0.416 e. The molecule has 1 fully saturated rings. The predicted molar refractivity (Wildman–Crippen MR) is 91.0 cm³/mol. The number of hydrogen-bond donors (Lipinski definition) is 2. The second-order valence-corrected chi connectivity index (χ2v) is 7.47. The molecule has 4 nitrogen and oxygen atoms in total. The van der Waals surface area contributed by atoms with Gasteiger partial charge in [-0.25, -0.2) is 0 Å². The molecule has 0 aromatic heterocycles.